The van der Waals surface area contributed by atoms with Crippen LogP contribution in [0.4, 0.5) is 0 Å². The smallest absolute Gasteiger partial charge is 0.246 e. The highest BCUT2D eigenvalue weighted by molar-refractivity contribution is 5.91. The molecule has 7 rings (SSSR count). The fourth-order valence-corrected chi connectivity index (χ4v) is 7.59. The van der Waals surface area contributed by atoms with Gasteiger partial charge in [-0.3, -0.25) is 24.5 Å². The number of imidazole rings is 1. The molecule has 2 unspecified atom stereocenters. The molecule has 3 N–H and O–H groups in total. The SMILES string of the molecule is CC(C)[C@H](NC=O)C(=O)N1CCCC1C(=O)N1CCc2cc(-c3ccc(-c4cnc(C5CCCN5C(=O)CNC5OCO5)[nH]4)cc3)ccc2C1. The van der Waals surface area contributed by atoms with E-state index in [0.717, 1.165) is 59.5 Å². The Kier molecular flexibility index (Phi) is 9.97. The summed E-state index contributed by atoms with van der Waals surface area (Å²) in [5.74, 6) is 0.509. The lowest BCUT2D eigenvalue weighted by atomic mass is 9.93. The Balaban J connectivity index is 0.977. The second-order valence-corrected chi connectivity index (χ2v) is 13.9. The van der Waals surface area contributed by atoms with Crippen molar-refractivity contribution >= 4 is 24.1 Å². The number of hydrogen-bond acceptors (Lipinski definition) is 8. The van der Waals surface area contributed by atoms with Crippen LogP contribution in [0.1, 0.15) is 62.5 Å². The van der Waals surface area contributed by atoms with Crippen LogP contribution in [-0.2, 0) is 41.6 Å². The summed E-state index contributed by atoms with van der Waals surface area (Å²) in [5.41, 5.74) is 6.46. The molecule has 0 bridgehead atoms. The van der Waals surface area contributed by atoms with Gasteiger partial charge in [0.2, 0.25) is 30.5 Å². The third-order valence-electron chi connectivity index (χ3n) is 10.4. The number of fused-ring (bicyclic) bond motifs is 1. The van der Waals surface area contributed by atoms with E-state index in [0.29, 0.717) is 39.0 Å². The summed E-state index contributed by atoms with van der Waals surface area (Å²) in [7, 11) is 0. The molecule has 13 nitrogen and oxygen atoms in total. The summed E-state index contributed by atoms with van der Waals surface area (Å²) in [4.78, 5) is 64.5. The summed E-state index contributed by atoms with van der Waals surface area (Å²) >= 11 is 0. The number of carbonyl (C=O) groups excluding carboxylic acids is 4. The van der Waals surface area contributed by atoms with E-state index in [4.69, 9.17) is 9.47 Å². The van der Waals surface area contributed by atoms with Crippen molar-refractivity contribution in [1.29, 1.82) is 0 Å². The first-order valence-electron chi connectivity index (χ1n) is 17.6. The number of nitrogens with zero attached hydrogens (tertiary/aromatic N) is 4. The van der Waals surface area contributed by atoms with E-state index in [1.54, 1.807) is 4.90 Å². The van der Waals surface area contributed by atoms with Crippen LogP contribution in [0.15, 0.2) is 48.7 Å². The van der Waals surface area contributed by atoms with Crippen LogP contribution in [0.2, 0.25) is 0 Å². The van der Waals surface area contributed by atoms with Crippen LogP contribution >= 0.6 is 0 Å². The minimum Gasteiger partial charge on any atom is -0.347 e. The monoisotopic (exact) mass is 683 g/mol. The minimum atomic E-state index is -0.635. The Bertz CT molecular complexity index is 1720. The molecule has 3 aromatic rings. The van der Waals surface area contributed by atoms with Crippen molar-refractivity contribution in [3.05, 3.63) is 65.6 Å². The van der Waals surface area contributed by atoms with Crippen LogP contribution in [0.3, 0.4) is 0 Å². The average molecular weight is 684 g/mol. The molecule has 3 saturated heterocycles. The van der Waals surface area contributed by atoms with E-state index in [1.807, 2.05) is 29.8 Å². The lowest BCUT2D eigenvalue weighted by Crippen LogP contribution is -2.54. The van der Waals surface area contributed by atoms with Crippen LogP contribution in [0.25, 0.3) is 22.4 Å². The lowest BCUT2D eigenvalue weighted by molar-refractivity contribution is -0.332. The standard InChI is InChI=1S/C37H45N7O6/c1-23(2)33(40-21-45)36(48)44-15-4-6-31(44)35(47)42-16-13-27-17-26(11-12-28(27)20-42)24-7-9-25(10-8-24)29-18-38-34(41-29)30-5-3-14-43(30)32(46)19-39-37-49-22-50-37/h7-12,17-18,21,23,30-31,33,37,39H,3-6,13-16,19-20,22H2,1-2H3,(H,38,41)(H,40,45)/t30?,31?,33-/m0/s1. The fourth-order valence-electron chi connectivity index (χ4n) is 7.59. The molecule has 4 aliphatic rings. The minimum absolute atomic E-state index is 0.00447. The van der Waals surface area contributed by atoms with Gasteiger partial charge >= 0.3 is 0 Å². The molecule has 0 radical (unpaired) electrons. The highest BCUT2D eigenvalue weighted by atomic mass is 16.9. The quantitative estimate of drug-likeness (QED) is 0.262. The maximum absolute atomic E-state index is 13.7. The second-order valence-electron chi connectivity index (χ2n) is 13.9. The molecular weight excluding hydrogens is 638 g/mol. The number of rotatable bonds is 11. The first-order chi connectivity index (χ1) is 24.3. The van der Waals surface area contributed by atoms with Crippen LogP contribution in [-0.4, -0.2) is 100 Å². The van der Waals surface area contributed by atoms with E-state index in [1.165, 1.54) is 5.56 Å². The molecular formula is C37H45N7O6. The van der Waals surface area contributed by atoms with Crippen LogP contribution < -0.4 is 10.6 Å². The molecule has 0 aliphatic carbocycles. The van der Waals surface area contributed by atoms with Gasteiger partial charge in [0.25, 0.3) is 0 Å². The zero-order chi connectivity index (χ0) is 34.8. The van der Waals surface area contributed by atoms with Crippen molar-refractivity contribution in [3.8, 4) is 22.4 Å². The predicted octanol–water partition coefficient (Wildman–Crippen LogP) is 2.93. The molecule has 0 spiro atoms. The van der Waals surface area contributed by atoms with Crippen molar-refractivity contribution in [1.82, 2.24) is 35.3 Å². The summed E-state index contributed by atoms with van der Waals surface area (Å²) in [6.45, 7) is 6.51. The first kappa shape index (κ1) is 33.9. The van der Waals surface area contributed by atoms with E-state index < -0.39 is 18.5 Å². The Hall–Kier alpha value is -4.59. The molecule has 264 valence electrons. The molecule has 0 saturated carbocycles. The van der Waals surface area contributed by atoms with Crippen molar-refractivity contribution in [3.63, 3.8) is 0 Å². The van der Waals surface area contributed by atoms with Gasteiger partial charge in [0.05, 0.1) is 24.5 Å². The molecule has 5 heterocycles. The van der Waals surface area contributed by atoms with Gasteiger partial charge in [-0.05, 0) is 65.8 Å². The average Bonchev–Trinajstić information content (AvgIpc) is 3.90. The normalized spacial score (nSPS) is 21.2. The van der Waals surface area contributed by atoms with E-state index in [-0.39, 0.29) is 43.0 Å². The number of ether oxygens (including phenoxy) is 2. The van der Waals surface area contributed by atoms with Crippen molar-refractivity contribution in [2.45, 2.75) is 77.0 Å². The first-order valence-corrected chi connectivity index (χ1v) is 17.6. The van der Waals surface area contributed by atoms with E-state index in [2.05, 4.69) is 63.1 Å². The lowest BCUT2D eigenvalue weighted by Gasteiger charge is -2.35. The number of carbonyl (C=O) groups is 4. The van der Waals surface area contributed by atoms with Gasteiger partial charge < -0.3 is 34.5 Å². The maximum atomic E-state index is 13.7. The summed E-state index contributed by atoms with van der Waals surface area (Å²) in [6, 6.07) is 13.6. The molecule has 50 heavy (non-hydrogen) atoms. The van der Waals surface area contributed by atoms with Gasteiger partial charge in [-0.15, -0.1) is 0 Å². The second kappa shape index (κ2) is 14.7. The number of aromatic nitrogens is 2. The number of hydrogen-bond donors (Lipinski definition) is 3. The van der Waals surface area contributed by atoms with E-state index >= 15 is 0 Å². The third kappa shape index (κ3) is 6.90. The maximum Gasteiger partial charge on any atom is 0.246 e. The number of likely N-dealkylation sites (tertiary alicyclic amines) is 2. The van der Waals surface area contributed by atoms with Crippen LogP contribution in [0, 0.1) is 5.92 Å². The van der Waals surface area contributed by atoms with Crippen molar-refractivity contribution in [2.24, 2.45) is 5.92 Å². The van der Waals surface area contributed by atoms with Gasteiger partial charge in [0.15, 0.2) is 6.79 Å². The molecule has 3 atom stereocenters. The van der Waals surface area contributed by atoms with Crippen molar-refractivity contribution < 1.29 is 28.7 Å². The number of nitrogens with one attached hydrogen (secondary N) is 3. The van der Waals surface area contributed by atoms with Gasteiger partial charge in [-0.2, -0.15) is 0 Å². The summed E-state index contributed by atoms with van der Waals surface area (Å²) in [6.07, 6.45) is 5.81. The van der Waals surface area contributed by atoms with Gasteiger partial charge in [-0.25, -0.2) is 4.98 Å². The Morgan fingerprint density at radius 2 is 1.70 bits per heavy atom. The largest absolute Gasteiger partial charge is 0.347 e. The molecule has 2 aromatic carbocycles. The molecule has 3 fully saturated rings. The Morgan fingerprint density at radius 1 is 0.960 bits per heavy atom. The predicted molar refractivity (Wildman–Crippen MR) is 184 cm³/mol. The Labute approximate surface area is 291 Å². The molecule has 4 aliphatic heterocycles. The number of benzene rings is 2. The number of amides is 4. The van der Waals surface area contributed by atoms with Gasteiger partial charge in [0, 0.05) is 26.2 Å². The summed E-state index contributed by atoms with van der Waals surface area (Å²) in [5, 5.41) is 5.61. The Morgan fingerprint density at radius 3 is 2.44 bits per heavy atom. The zero-order valence-electron chi connectivity index (χ0n) is 28.6. The van der Waals surface area contributed by atoms with Crippen molar-refractivity contribution in [2.75, 3.05) is 33.0 Å². The third-order valence-corrected chi connectivity index (χ3v) is 10.4. The number of aromatic amines is 1. The van der Waals surface area contributed by atoms with E-state index in [9.17, 15) is 19.2 Å². The molecule has 1 aromatic heterocycles. The highest BCUT2D eigenvalue weighted by Gasteiger charge is 2.40. The number of H-pyrrole nitrogens is 1. The molecule has 4 amide bonds. The zero-order valence-corrected chi connectivity index (χ0v) is 28.6. The summed E-state index contributed by atoms with van der Waals surface area (Å²) < 4.78 is 10.3. The molecule has 13 heteroatoms. The topological polar surface area (TPSA) is 149 Å². The van der Waals surface area contributed by atoms with Gasteiger partial charge in [0.1, 0.15) is 17.9 Å². The fraction of sp³-hybridized carbons (Fsp3) is 0.486. The van der Waals surface area contributed by atoms with Crippen LogP contribution in [0.5, 0.6) is 0 Å². The van der Waals surface area contributed by atoms with Gasteiger partial charge in [-0.1, -0.05) is 56.3 Å². The highest BCUT2D eigenvalue weighted by Crippen LogP contribution is 2.33.